The third-order valence-corrected chi connectivity index (χ3v) is 3.81. The van der Waals surface area contributed by atoms with Gasteiger partial charge < -0.3 is 4.90 Å². The van der Waals surface area contributed by atoms with Crippen molar-refractivity contribution >= 4 is 16.0 Å². The van der Waals surface area contributed by atoms with E-state index in [4.69, 9.17) is 4.18 Å². The summed E-state index contributed by atoms with van der Waals surface area (Å²) in [5.74, 6) is -0.418. The van der Waals surface area contributed by atoms with Crippen molar-refractivity contribution in [3.8, 4) is 0 Å². The second-order valence-corrected chi connectivity index (χ2v) is 6.42. The van der Waals surface area contributed by atoms with E-state index in [-0.39, 0.29) is 11.8 Å². The van der Waals surface area contributed by atoms with Gasteiger partial charge in [-0.3, -0.25) is 8.98 Å². The smallest absolute Gasteiger partial charge is 0.264 e. The Kier molecular flexibility index (Phi) is 3.91. The lowest BCUT2D eigenvalue weighted by Crippen LogP contribution is -2.56. The number of likely N-dealkylation sites (tertiary alicyclic amines) is 1. The van der Waals surface area contributed by atoms with Crippen LogP contribution >= 0.6 is 0 Å². The highest BCUT2D eigenvalue weighted by Crippen LogP contribution is 2.25. The maximum absolute atomic E-state index is 11.9. The molecule has 2 rings (SSSR count). The van der Waals surface area contributed by atoms with Crippen LogP contribution in [-0.4, -0.2) is 38.1 Å². The van der Waals surface area contributed by atoms with Gasteiger partial charge in [0.25, 0.3) is 10.1 Å². The van der Waals surface area contributed by atoms with E-state index in [1.165, 1.54) is 0 Å². The topological polar surface area (TPSA) is 63.7 Å². The van der Waals surface area contributed by atoms with E-state index in [2.05, 4.69) is 0 Å². The van der Waals surface area contributed by atoms with Crippen LogP contribution in [0.1, 0.15) is 12.5 Å². The molecule has 2 unspecified atom stereocenters. The van der Waals surface area contributed by atoms with Crippen molar-refractivity contribution in [1.82, 2.24) is 4.90 Å². The van der Waals surface area contributed by atoms with Gasteiger partial charge in [0.1, 0.15) is 0 Å². The van der Waals surface area contributed by atoms with Gasteiger partial charge in [-0.2, -0.15) is 8.42 Å². The molecule has 1 aliphatic rings. The molecule has 1 saturated heterocycles. The molecule has 1 fully saturated rings. The first-order chi connectivity index (χ1) is 8.87. The van der Waals surface area contributed by atoms with E-state index >= 15 is 0 Å². The molecule has 1 aromatic carbocycles. The summed E-state index contributed by atoms with van der Waals surface area (Å²) in [7, 11) is -3.52. The molecular weight excluding hydrogens is 266 g/mol. The maximum atomic E-state index is 11.9. The number of nitrogens with zero attached hydrogens (tertiary/aromatic N) is 1. The monoisotopic (exact) mass is 283 g/mol. The molecule has 0 bridgehead atoms. The third-order valence-electron chi connectivity index (χ3n) is 3.16. The average molecular weight is 283 g/mol. The second-order valence-electron chi connectivity index (χ2n) is 4.82. The van der Waals surface area contributed by atoms with Crippen molar-refractivity contribution < 1.29 is 17.4 Å². The summed E-state index contributed by atoms with van der Waals surface area (Å²) in [5, 5.41) is 0. The Morgan fingerprint density at radius 1 is 1.37 bits per heavy atom. The van der Waals surface area contributed by atoms with Gasteiger partial charge in [0.05, 0.1) is 18.3 Å². The molecule has 0 aliphatic carbocycles. The molecule has 0 saturated carbocycles. The minimum Gasteiger partial charge on any atom is -0.337 e. The highest BCUT2D eigenvalue weighted by Gasteiger charge is 2.41. The first-order valence-corrected chi connectivity index (χ1v) is 7.89. The van der Waals surface area contributed by atoms with Gasteiger partial charge in [-0.15, -0.1) is 0 Å². The van der Waals surface area contributed by atoms with Gasteiger partial charge in [-0.25, -0.2) is 0 Å². The van der Waals surface area contributed by atoms with Gasteiger partial charge in [0.2, 0.25) is 5.91 Å². The van der Waals surface area contributed by atoms with Crippen molar-refractivity contribution in [3.05, 3.63) is 35.9 Å². The molecule has 1 aromatic rings. The Morgan fingerprint density at radius 2 is 2.00 bits per heavy atom. The molecule has 19 heavy (non-hydrogen) atoms. The van der Waals surface area contributed by atoms with Crippen molar-refractivity contribution in [2.24, 2.45) is 5.92 Å². The average Bonchev–Trinajstić information content (AvgIpc) is 2.32. The summed E-state index contributed by atoms with van der Waals surface area (Å²) >= 11 is 0. The fourth-order valence-electron chi connectivity index (χ4n) is 2.17. The fourth-order valence-corrected chi connectivity index (χ4v) is 2.85. The number of amides is 1. The molecule has 0 spiro atoms. The van der Waals surface area contributed by atoms with Crippen LogP contribution in [0.4, 0.5) is 0 Å². The summed E-state index contributed by atoms with van der Waals surface area (Å²) in [6.07, 6.45) is 0.392. The quantitative estimate of drug-likeness (QED) is 0.597. The molecule has 1 amide bonds. The van der Waals surface area contributed by atoms with E-state index < -0.39 is 16.2 Å². The van der Waals surface area contributed by atoms with Crippen molar-refractivity contribution in [3.63, 3.8) is 0 Å². The lowest BCUT2D eigenvalue weighted by Gasteiger charge is -2.40. The Morgan fingerprint density at radius 3 is 2.53 bits per heavy atom. The minimum atomic E-state index is -3.52. The Bertz CT molecular complexity index is 555. The first kappa shape index (κ1) is 14.0. The van der Waals surface area contributed by atoms with Crippen LogP contribution in [-0.2, 0) is 25.6 Å². The van der Waals surface area contributed by atoms with Crippen molar-refractivity contribution in [1.29, 1.82) is 0 Å². The van der Waals surface area contributed by atoms with Crippen LogP contribution in [0.2, 0.25) is 0 Å². The van der Waals surface area contributed by atoms with Gasteiger partial charge in [0.15, 0.2) is 0 Å². The molecule has 1 aliphatic heterocycles. The van der Waals surface area contributed by atoms with Crippen LogP contribution in [0.3, 0.4) is 0 Å². The SMILES string of the molecule is CC(OS(C)(=O)=O)C1CN(Cc2ccccc2)C1=O. The molecular formula is C13H17NO4S. The summed E-state index contributed by atoms with van der Waals surface area (Å²) in [5.41, 5.74) is 1.06. The minimum absolute atomic E-state index is 0.0556. The standard InChI is InChI=1S/C13H17NO4S/c1-10(18-19(2,16)17)12-9-14(13(12)15)8-11-6-4-3-5-7-11/h3-7,10,12H,8-9H2,1-2H3. The van der Waals surface area contributed by atoms with Gasteiger partial charge in [0, 0.05) is 13.1 Å². The fraction of sp³-hybridized carbons (Fsp3) is 0.462. The molecule has 104 valence electrons. The van der Waals surface area contributed by atoms with Gasteiger partial charge in [-0.1, -0.05) is 30.3 Å². The largest absolute Gasteiger partial charge is 0.337 e. The number of hydrogen-bond acceptors (Lipinski definition) is 4. The number of rotatable bonds is 5. The van der Waals surface area contributed by atoms with E-state index in [0.29, 0.717) is 13.1 Å². The third kappa shape index (κ3) is 3.54. The van der Waals surface area contributed by atoms with Gasteiger partial charge in [-0.05, 0) is 12.5 Å². The molecule has 6 heteroatoms. The zero-order chi connectivity index (χ0) is 14.0. The lowest BCUT2D eigenvalue weighted by molar-refractivity contribution is -0.153. The molecule has 0 radical (unpaired) electrons. The number of benzene rings is 1. The highest BCUT2D eigenvalue weighted by atomic mass is 32.2. The van der Waals surface area contributed by atoms with Crippen LogP contribution in [0.15, 0.2) is 30.3 Å². The van der Waals surface area contributed by atoms with Crippen LogP contribution in [0.5, 0.6) is 0 Å². The number of β-lactam (4-membered cyclic amide) rings is 1. The van der Waals surface area contributed by atoms with E-state index in [0.717, 1.165) is 11.8 Å². The zero-order valence-corrected chi connectivity index (χ0v) is 11.8. The van der Waals surface area contributed by atoms with E-state index in [1.807, 2.05) is 30.3 Å². The lowest BCUT2D eigenvalue weighted by atomic mass is 9.93. The molecule has 5 nitrogen and oxygen atoms in total. The summed E-state index contributed by atoms with van der Waals surface area (Å²) in [6.45, 7) is 2.70. The Balaban J connectivity index is 1.90. The Labute approximate surface area is 113 Å². The summed E-state index contributed by atoms with van der Waals surface area (Å²) < 4.78 is 26.9. The molecule has 0 aromatic heterocycles. The van der Waals surface area contributed by atoms with Crippen LogP contribution in [0.25, 0.3) is 0 Å². The van der Waals surface area contributed by atoms with Crippen molar-refractivity contribution in [2.75, 3.05) is 12.8 Å². The number of carbonyl (C=O) groups is 1. The van der Waals surface area contributed by atoms with Crippen LogP contribution in [0, 0.1) is 5.92 Å². The Hall–Kier alpha value is -1.40. The highest BCUT2D eigenvalue weighted by molar-refractivity contribution is 7.86. The summed E-state index contributed by atoms with van der Waals surface area (Å²) in [4.78, 5) is 13.6. The van der Waals surface area contributed by atoms with E-state index in [9.17, 15) is 13.2 Å². The predicted octanol–water partition coefficient (Wildman–Crippen LogP) is 1.01. The van der Waals surface area contributed by atoms with Gasteiger partial charge >= 0.3 is 0 Å². The maximum Gasteiger partial charge on any atom is 0.264 e. The predicted molar refractivity (Wildman–Crippen MR) is 70.7 cm³/mol. The van der Waals surface area contributed by atoms with Crippen LogP contribution < -0.4 is 0 Å². The summed E-state index contributed by atoms with van der Waals surface area (Å²) in [6, 6.07) is 9.68. The normalized spacial score (nSPS) is 21.1. The number of carbonyl (C=O) groups excluding carboxylic acids is 1. The number of hydrogen-bond donors (Lipinski definition) is 0. The molecule has 1 heterocycles. The first-order valence-electron chi connectivity index (χ1n) is 6.08. The van der Waals surface area contributed by atoms with Crippen molar-refractivity contribution in [2.45, 2.75) is 19.6 Å². The molecule has 2 atom stereocenters. The second kappa shape index (κ2) is 5.30. The molecule has 0 N–H and O–H groups in total. The van der Waals surface area contributed by atoms with E-state index in [1.54, 1.807) is 11.8 Å². The zero-order valence-electron chi connectivity index (χ0n) is 10.9.